The summed E-state index contributed by atoms with van der Waals surface area (Å²) in [5, 5.41) is 11.6. The minimum absolute atomic E-state index is 0.0686. The smallest absolute Gasteiger partial charge is 0.306 e. The van der Waals surface area contributed by atoms with Crippen LogP contribution < -0.4 is 5.32 Å². The molecule has 0 spiro atoms. The summed E-state index contributed by atoms with van der Waals surface area (Å²) >= 11 is 0. The van der Waals surface area contributed by atoms with Gasteiger partial charge in [-0.2, -0.15) is 4.31 Å². The molecule has 25 heavy (non-hydrogen) atoms. The van der Waals surface area contributed by atoms with Crippen LogP contribution in [0.1, 0.15) is 23.2 Å². The Balaban J connectivity index is 1.69. The average Bonchev–Trinajstić information content (AvgIpc) is 2.58. The third-order valence-corrected chi connectivity index (χ3v) is 6.42. The van der Waals surface area contributed by atoms with E-state index in [0.717, 1.165) is 0 Å². The van der Waals surface area contributed by atoms with Gasteiger partial charge in [-0.1, -0.05) is 6.07 Å². The van der Waals surface area contributed by atoms with Crippen LogP contribution in [-0.4, -0.2) is 62.1 Å². The number of carboxylic acids is 1. The third-order valence-electron chi connectivity index (χ3n) is 4.53. The highest BCUT2D eigenvalue weighted by atomic mass is 32.2. The Morgan fingerprint density at radius 1 is 1.20 bits per heavy atom. The van der Waals surface area contributed by atoms with Crippen LogP contribution in [-0.2, 0) is 19.6 Å². The van der Waals surface area contributed by atoms with E-state index in [2.05, 4.69) is 5.32 Å². The first-order valence-electron chi connectivity index (χ1n) is 8.09. The van der Waals surface area contributed by atoms with Crippen molar-refractivity contribution >= 4 is 21.9 Å². The Kier molecular flexibility index (Phi) is 5.07. The van der Waals surface area contributed by atoms with Crippen molar-refractivity contribution in [3.63, 3.8) is 0 Å². The predicted octanol–water partition coefficient (Wildman–Crippen LogP) is 0.301. The van der Waals surface area contributed by atoms with Gasteiger partial charge in [0.05, 0.1) is 24.0 Å². The third kappa shape index (κ3) is 3.83. The zero-order valence-electron chi connectivity index (χ0n) is 13.6. The van der Waals surface area contributed by atoms with Gasteiger partial charge in [0.25, 0.3) is 5.91 Å². The number of carboxylic acid groups (broad SMARTS) is 1. The van der Waals surface area contributed by atoms with Crippen molar-refractivity contribution in [2.24, 2.45) is 5.92 Å². The summed E-state index contributed by atoms with van der Waals surface area (Å²) in [4.78, 5) is 23.2. The lowest BCUT2D eigenvalue weighted by Gasteiger charge is -2.32. The Hall–Kier alpha value is -1.97. The van der Waals surface area contributed by atoms with E-state index in [9.17, 15) is 18.0 Å². The molecule has 0 radical (unpaired) electrons. The summed E-state index contributed by atoms with van der Waals surface area (Å²) < 4.78 is 31.8. The Morgan fingerprint density at radius 2 is 1.88 bits per heavy atom. The highest BCUT2D eigenvalue weighted by molar-refractivity contribution is 7.89. The standard InChI is InChI=1S/C16H20N2O6S/c19-15(17-13-8-12(9-13)16(20)21)11-2-1-3-14(10-11)25(22,23)18-4-6-24-7-5-18/h1-3,10,12-13H,4-9H2,(H,17,19)(H,20,21). The van der Waals surface area contributed by atoms with Crippen LogP contribution in [0.3, 0.4) is 0 Å². The largest absolute Gasteiger partial charge is 0.481 e. The zero-order valence-corrected chi connectivity index (χ0v) is 14.4. The number of nitrogens with one attached hydrogen (secondary N) is 1. The number of carbonyl (C=O) groups excluding carboxylic acids is 1. The Labute approximate surface area is 145 Å². The van der Waals surface area contributed by atoms with Gasteiger partial charge in [0, 0.05) is 24.7 Å². The fourth-order valence-electron chi connectivity index (χ4n) is 2.94. The molecule has 2 aliphatic rings. The van der Waals surface area contributed by atoms with Gasteiger partial charge in [0.15, 0.2) is 0 Å². The topological polar surface area (TPSA) is 113 Å². The van der Waals surface area contributed by atoms with Crippen LogP contribution in [0.25, 0.3) is 0 Å². The van der Waals surface area contributed by atoms with Crippen molar-refractivity contribution in [1.29, 1.82) is 0 Å². The molecule has 9 heteroatoms. The molecule has 1 aliphatic carbocycles. The summed E-state index contributed by atoms with van der Waals surface area (Å²) in [5.41, 5.74) is 0.244. The van der Waals surface area contributed by atoms with Crippen molar-refractivity contribution in [3.05, 3.63) is 29.8 Å². The minimum Gasteiger partial charge on any atom is -0.481 e. The number of ether oxygens (including phenoxy) is 1. The second-order valence-electron chi connectivity index (χ2n) is 6.22. The first-order valence-corrected chi connectivity index (χ1v) is 9.53. The maximum absolute atomic E-state index is 12.6. The van der Waals surface area contributed by atoms with Gasteiger partial charge in [0.2, 0.25) is 10.0 Å². The lowest BCUT2D eigenvalue weighted by Crippen LogP contribution is -2.46. The highest BCUT2D eigenvalue weighted by Crippen LogP contribution is 2.28. The molecule has 2 fully saturated rings. The van der Waals surface area contributed by atoms with Crippen molar-refractivity contribution in [2.45, 2.75) is 23.8 Å². The van der Waals surface area contributed by atoms with E-state index in [0.29, 0.717) is 26.1 Å². The summed E-state index contributed by atoms with van der Waals surface area (Å²) in [7, 11) is -3.66. The van der Waals surface area contributed by atoms with E-state index in [1.807, 2.05) is 0 Å². The second-order valence-corrected chi connectivity index (χ2v) is 8.16. The van der Waals surface area contributed by atoms with Crippen LogP contribution in [0.4, 0.5) is 0 Å². The molecule has 1 heterocycles. The number of sulfonamides is 1. The molecule has 1 saturated carbocycles. The van der Waals surface area contributed by atoms with E-state index >= 15 is 0 Å². The predicted molar refractivity (Wildman–Crippen MR) is 87.6 cm³/mol. The van der Waals surface area contributed by atoms with Gasteiger partial charge in [0.1, 0.15) is 0 Å². The van der Waals surface area contributed by atoms with Crippen molar-refractivity contribution < 1.29 is 27.9 Å². The first kappa shape index (κ1) is 17.8. The van der Waals surface area contributed by atoms with Crippen LogP contribution >= 0.6 is 0 Å². The second kappa shape index (κ2) is 7.11. The van der Waals surface area contributed by atoms with Crippen molar-refractivity contribution in [2.75, 3.05) is 26.3 Å². The number of carbonyl (C=O) groups is 2. The molecule has 0 bridgehead atoms. The number of rotatable bonds is 5. The van der Waals surface area contributed by atoms with Crippen LogP contribution in [0.5, 0.6) is 0 Å². The molecule has 0 aromatic heterocycles. The van der Waals surface area contributed by atoms with E-state index in [1.54, 1.807) is 6.07 Å². The number of hydrogen-bond acceptors (Lipinski definition) is 5. The van der Waals surface area contributed by atoms with Crippen LogP contribution in [0.2, 0.25) is 0 Å². The molecule has 1 aromatic carbocycles. The lowest BCUT2D eigenvalue weighted by molar-refractivity contribution is -0.145. The maximum atomic E-state index is 12.6. The fourth-order valence-corrected chi connectivity index (χ4v) is 4.39. The quantitative estimate of drug-likeness (QED) is 0.773. The summed E-state index contributed by atoms with van der Waals surface area (Å²) in [5.74, 6) is -1.67. The summed E-state index contributed by atoms with van der Waals surface area (Å²) in [6.07, 6.45) is 0.791. The number of nitrogens with zero attached hydrogens (tertiary/aromatic N) is 1. The van der Waals surface area contributed by atoms with Gasteiger partial charge in [-0.3, -0.25) is 9.59 Å². The van der Waals surface area contributed by atoms with Gasteiger partial charge >= 0.3 is 5.97 Å². The first-order chi connectivity index (χ1) is 11.9. The number of aliphatic carboxylic acids is 1. The maximum Gasteiger partial charge on any atom is 0.306 e. The number of hydrogen-bond donors (Lipinski definition) is 2. The molecule has 136 valence electrons. The average molecular weight is 368 g/mol. The number of morpholine rings is 1. The molecule has 0 unspecified atom stereocenters. The summed E-state index contributed by atoms with van der Waals surface area (Å²) in [6.45, 7) is 1.28. The molecule has 1 aromatic rings. The van der Waals surface area contributed by atoms with E-state index in [-0.39, 0.29) is 29.6 Å². The molecule has 3 rings (SSSR count). The van der Waals surface area contributed by atoms with E-state index in [1.165, 1.54) is 22.5 Å². The summed E-state index contributed by atoms with van der Waals surface area (Å²) in [6, 6.07) is 5.70. The van der Waals surface area contributed by atoms with E-state index < -0.39 is 27.8 Å². The monoisotopic (exact) mass is 368 g/mol. The van der Waals surface area contributed by atoms with Gasteiger partial charge in [-0.05, 0) is 31.0 Å². The lowest BCUT2D eigenvalue weighted by atomic mass is 9.80. The molecule has 1 aliphatic heterocycles. The number of amides is 1. The fraction of sp³-hybridized carbons (Fsp3) is 0.500. The Bertz CT molecular complexity index is 767. The van der Waals surface area contributed by atoms with Crippen molar-refractivity contribution in [3.8, 4) is 0 Å². The molecule has 0 atom stereocenters. The van der Waals surface area contributed by atoms with Gasteiger partial charge in [-0.15, -0.1) is 0 Å². The molecule has 1 amide bonds. The van der Waals surface area contributed by atoms with Gasteiger partial charge < -0.3 is 15.2 Å². The molecular formula is C16H20N2O6S. The minimum atomic E-state index is -3.66. The molecule has 8 nitrogen and oxygen atoms in total. The van der Waals surface area contributed by atoms with Gasteiger partial charge in [-0.25, -0.2) is 8.42 Å². The normalized spacial score (nSPS) is 24.3. The highest BCUT2D eigenvalue weighted by Gasteiger charge is 2.35. The molecule has 2 N–H and O–H groups in total. The Morgan fingerprint density at radius 3 is 2.52 bits per heavy atom. The SMILES string of the molecule is O=C(NC1CC(C(=O)O)C1)c1cccc(S(=O)(=O)N2CCOCC2)c1. The number of benzene rings is 1. The van der Waals surface area contributed by atoms with Crippen LogP contribution in [0, 0.1) is 5.92 Å². The van der Waals surface area contributed by atoms with Crippen molar-refractivity contribution in [1.82, 2.24) is 9.62 Å². The van der Waals surface area contributed by atoms with E-state index in [4.69, 9.17) is 9.84 Å². The molecule has 1 saturated heterocycles. The zero-order chi connectivity index (χ0) is 18.0. The van der Waals surface area contributed by atoms with Crippen LogP contribution in [0.15, 0.2) is 29.2 Å². The molecular weight excluding hydrogens is 348 g/mol.